The third kappa shape index (κ3) is 3.81. The first-order valence-electron chi connectivity index (χ1n) is 6.65. The molecule has 0 atom stereocenters. The first-order valence-corrected chi connectivity index (χ1v) is 6.65. The molecule has 106 valence electrons. The molecule has 1 heterocycles. The molecule has 0 saturated carbocycles. The number of nitrogens with zero attached hydrogens (tertiary/aromatic N) is 2. The molecule has 1 aromatic carbocycles. The number of nitrogens with one attached hydrogen (secondary N) is 3. The smallest absolute Gasteiger partial charge is 0.253 e. The fourth-order valence-electron chi connectivity index (χ4n) is 1.86. The summed E-state index contributed by atoms with van der Waals surface area (Å²) < 4.78 is 0. The molecular formula is C14H19N5O. The van der Waals surface area contributed by atoms with Crippen molar-refractivity contribution in [3.05, 3.63) is 42.0 Å². The summed E-state index contributed by atoms with van der Waals surface area (Å²) in [6.07, 6.45) is 2.09. The van der Waals surface area contributed by atoms with Crippen LogP contribution in [0.4, 0.5) is 5.69 Å². The van der Waals surface area contributed by atoms with E-state index in [0.717, 1.165) is 11.5 Å². The van der Waals surface area contributed by atoms with Crippen LogP contribution in [0.25, 0.3) is 0 Å². The molecule has 0 aliphatic heterocycles. The van der Waals surface area contributed by atoms with Gasteiger partial charge in [0.2, 0.25) is 0 Å². The minimum absolute atomic E-state index is 0.0896. The van der Waals surface area contributed by atoms with E-state index in [1.165, 1.54) is 6.33 Å². The Balaban J connectivity index is 1.94. The van der Waals surface area contributed by atoms with Gasteiger partial charge >= 0.3 is 0 Å². The normalized spacial score (nSPS) is 10.6. The van der Waals surface area contributed by atoms with Crippen molar-refractivity contribution in [2.75, 3.05) is 11.9 Å². The highest BCUT2D eigenvalue weighted by molar-refractivity contribution is 5.99. The molecule has 0 fully saturated rings. The van der Waals surface area contributed by atoms with Gasteiger partial charge in [-0.2, -0.15) is 5.10 Å². The molecule has 0 radical (unpaired) electrons. The molecule has 0 aliphatic rings. The van der Waals surface area contributed by atoms with Crippen molar-refractivity contribution in [3.63, 3.8) is 0 Å². The van der Waals surface area contributed by atoms with Crippen LogP contribution in [-0.2, 0) is 6.42 Å². The van der Waals surface area contributed by atoms with Gasteiger partial charge in [0.15, 0.2) is 0 Å². The zero-order chi connectivity index (χ0) is 14.4. The molecule has 0 bridgehead atoms. The van der Waals surface area contributed by atoms with Crippen molar-refractivity contribution in [2.24, 2.45) is 0 Å². The number of rotatable bonds is 6. The molecule has 1 amide bonds. The fourth-order valence-corrected chi connectivity index (χ4v) is 1.86. The predicted molar refractivity (Wildman–Crippen MR) is 77.6 cm³/mol. The molecule has 3 N–H and O–H groups in total. The van der Waals surface area contributed by atoms with Gasteiger partial charge < -0.3 is 10.6 Å². The van der Waals surface area contributed by atoms with Crippen molar-refractivity contribution in [1.29, 1.82) is 0 Å². The van der Waals surface area contributed by atoms with Crippen LogP contribution in [0, 0.1) is 0 Å². The number of para-hydroxylation sites is 1. The summed E-state index contributed by atoms with van der Waals surface area (Å²) in [5.74, 6) is 0.673. The molecule has 1 aromatic heterocycles. The lowest BCUT2D eigenvalue weighted by Crippen LogP contribution is -2.27. The summed E-state index contributed by atoms with van der Waals surface area (Å²) >= 11 is 0. The number of carbonyl (C=O) groups excluding carboxylic acids is 1. The highest BCUT2D eigenvalue weighted by atomic mass is 16.1. The van der Waals surface area contributed by atoms with Gasteiger partial charge in [0.1, 0.15) is 12.2 Å². The maximum Gasteiger partial charge on any atom is 0.253 e. The van der Waals surface area contributed by atoms with Gasteiger partial charge in [0, 0.05) is 24.7 Å². The highest BCUT2D eigenvalue weighted by Gasteiger charge is 2.11. The molecule has 0 saturated heterocycles. The zero-order valence-electron chi connectivity index (χ0n) is 11.7. The minimum Gasteiger partial charge on any atom is -0.382 e. The zero-order valence-corrected chi connectivity index (χ0v) is 11.7. The Morgan fingerprint density at radius 1 is 1.35 bits per heavy atom. The van der Waals surface area contributed by atoms with E-state index < -0.39 is 0 Å². The van der Waals surface area contributed by atoms with Crippen LogP contribution in [0.3, 0.4) is 0 Å². The summed E-state index contributed by atoms with van der Waals surface area (Å²) in [5, 5.41) is 12.7. The lowest BCUT2D eigenvalue weighted by molar-refractivity contribution is 0.0955. The van der Waals surface area contributed by atoms with Gasteiger partial charge in [-0.1, -0.05) is 12.1 Å². The third-order valence-electron chi connectivity index (χ3n) is 2.73. The Kier molecular flexibility index (Phi) is 4.70. The summed E-state index contributed by atoms with van der Waals surface area (Å²) in [5.41, 5.74) is 1.50. The Labute approximate surface area is 118 Å². The van der Waals surface area contributed by atoms with E-state index in [1.807, 2.05) is 38.1 Å². The second kappa shape index (κ2) is 6.70. The van der Waals surface area contributed by atoms with E-state index in [-0.39, 0.29) is 11.9 Å². The molecule has 0 aliphatic carbocycles. The first-order chi connectivity index (χ1) is 9.66. The van der Waals surface area contributed by atoms with E-state index >= 15 is 0 Å². The Bertz CT molecular complexity index is 550. The van der Waals surface area contributed by atoms with Gasteiger partial charge in [-0.15, -0.1) is 0 Å². The van der Waals surface area contributed by atoms with E-state index in [1.54, 1.807) is 0 Å². The number of aromatic amines is 1. The van der Waals surface area contributed by atoms with Crippen molar-refractivity contribution in [1.82, 2.24) is 20.5 Å². The highest BCUT2D eigenvalue weighted by Crippen LogP contribution is 2.15. The van der Waals surface area contributed by atoms with Crippen LogP contribution in [0.2, 0.25) is 0 Å². The maximum absolute atomic E-state index is 12.2. The van der Waals surface area contributed by atoms with Crippen molar-refractivity contribution in [3.8, 4) is 0 Å². The minimum atomic E-state index is -0.0896. The number of amides is 1. The van der Waals surface area contributed by atoms with Crippen molar-refractivity contribution < 1.29 is 4.79 Å². The maximum atomic E-state index is 12.2. The SMILES string of the molecule is CC(C)Nc1ccccc1C(=O)NCCc1ncn[nH]1. The molecule has 6 nitrogen and oxygen atoms in total. The van der Waals surface area contributed by atoms with E-state index in [0.29, 0.717) is 18.5 Å². The number of H-pyrrole nitrogens is 1. The van der Waals surface area contributed by atoms with Crippen molar-refractivity contribution >= 4 is 11.6 Å². The Morgan fingerprint density at radius 3 is 2.85 bits per heavy atom. The van der Waals surface area contributed by atoms with Crippen LogP contribution < -0.4 is 10.6 Å². The number of hydrogen-bond acceptors (Lipinski definition) is 4. The molecule has 2 rings (SSSR count). The van der Waals surface area contributed by atoms with Crippen molar-refractivity contribution in [2.45, 2.75) is 26.3 Å². The standard InChI is InChI=1S/C14H19N5O/c1-10(2)18-12-6-4-3-5-11(12)14(20)15-8-7-13-16-9-17-19-13/h3-6,9-10,18H,7-8H2,1-2H3,(H,15,20)(H,16,17,19). The number of carbonyl (C=O) groups is 1. The van der Waals surface area contributed by atoms with Crippen LogP contribution in [0.1, 0.15) is 30.0 Å². The Hall–Kier alpha value is -2.37. The van der Waals surface area contributed by atoms with Gasteiger partial charge in [-0.3, -0.25) is 9.89 Å². The van der Waals surface area contributed by atoms with E-state index in [4.69, 9.17) is 0 Å². The van der Waals surface area contributed by atoms with Crippen LogP contribution in [-0.4, -0.2) is 33.7 Å². The number of benzene rings is 1. The molecule has 0 unspecified atom stereocenters. The topological polar surface area (TPSA) is 82.7 Å². The lowest BCUT2D eigenvalue weighted by atomic mass is 10.1. The summed E-state index contributed by atoms with van der Waals surface area (Å²) in [6, 6.07) is 7.77. The molecular weight excluding hydrogens is 254 g/mol. The van der Waals surface area contributed by atoms with Gasteiger partial charge in [0.05, 0.1) is 5.56 Å². The fraction of sp³-hybridized carbons (Fsp3) is 0.357. The second-order valence-corrected chi connectivity index (χ2v) is 4.78. The molecule has 20 heavy (non-hydrogen) atoms. The summed E-state index contributed by atoms with van der Waals surface area (Å²) in [7, 11) is 0. The van der Waals surface area contributed by atoms with Gasteiger partial charge in [-0.25, -0.2) is 4.98 Å². The van der Waals surface area contributed by atoms with E-state index in [9.17, 15) is 4.79 Å². The largest absolute Gasteiger partial charge is 0.382 e. The molecule has 2 aromatic rings. The van der Waals surface area contributed by atoms with Gasteiger partial charge in [0.25, 0.3) is 5.91 Å². The number of hydrogen-bond donors (Lipinski definition) is 3. The first kappa shape index (κ1) is 14.0. The van der Waals surface area contributed by atoms with Crippen LogP contribution in [0.15, 0.2) is 30.6 Å². The Morgan fingerprint density at radius 2 is 2.15 bits per heavy atom. The number of aromatic nitrogens is 3. The number of anilines is 1. The molecule has 0 spiro atoms. The summed E-state index contributed by atoms with van der Waals surface area (Å²) in [6.45, 7) is 4.60. The predicted octanol–water partition coefficient (Wildman–Crippen LogP) is 1.60. The summed E-state index contributed by atoms with van der Waals surface area (Å²) in [4.78, 5) is 16.2. The lowest BCUT2D eigenvalue weighted by Gasteiger charge is -2.14. The van der Waals surface area contributed by atoms with Gasteiger partial charge in [-0.05, 0) is 26.0 Å². The van der Waals surface area contributed by atoms with E-state index in [2.05, 4.69) is 25.8 Å². The average Bonchev–Trinajstić information content (AvgIpc) is 2.91. The second-order valence-electron chi connectivity index (χ2n) is 4.78. The molecule has 6 heteroatoms. The average molecular weight is 273 g/mol. The monoisotopic (exact) mass is 273 g/mol. The van der Waals surface area contributed by atoms with Crippen LogP contribution >= 0.6 is 0 Å². The quantitative estimate of drug-likeness (QED) is 0.746. The van der Waals surface area contributed by atoms with Crippen LogP contribution in [0.5, 0.6) is 0 Å². The third-order valence-corrected chi connectivity index (χ3v) is 2.73.